The molecule has 8 heteroatoms. The van der Waals surface area contributed by atoms with Crippen LogP contribution >= 0.6 is 0 Å². The molecule has 1 saturated heterocycles. The number of benzene rings is 3. The normalized spacial score (nSPS) is 22.4. The molecule has 1 aromatic heterocycles. The summed E-state index contributed by atoms with van der Waals surface area (Å²) in [6.07, 6.45) is 10.8. The van der Waals surface area contributed by atoms with Crippen molar-refractivity contribution in [1.82, 2.24) is 19.9 Å². The van der Waals surface area contributed by atoms with E-state index in [4.69, 9.17) is 14.5 Å². The van der Waals surface area contributed by atoms with Gasteiger partial charge in [-0.15, -0.1) is 5.10 Å². The van der Waals surface area contributed by atoms with E-state index in [1.54, 1.807) is 7.11 Å². The van der Waals surface area contributed by atoms with E-state index in [1.165, 1.54) is 5.57 Å². The molecule has 1 N–H and O–H groups in total. The molecule has 4 heterocycles. The number of hydrogen-bond donors (Lipinski definition) is 1. The highest BCUT2D eigenvalue weighted by Crippen LogP contribution is 2.41. The molecule has 214 valence electrons. The number of piperidine rings is 1. The summed E-state index contributed by atoms with van der Waals surface area (Å²) in [6.45, 7) is 3.18. The van der Waals surface area contributed by atoms with Crippen molar-refractivity contribution < 1.29 is 14.6 Å². The van der Waals surface area contributed by atoms with Gasteiger partial charge in [-0.05, 0) is 78.9 Å². The molecular weight excluding hydrogens is 526 g/mol. The number of dihydropyridines is 1. The van der Waals surface area contributed by atoms with Crippen LogP contribution in [0.15, 0.2) is 90.0 Å². The lowest BCUT2D eigenvalue weighted by molar-refractivity contribution is -0.0254. The third-order valence-electron chi connectivity index (χ3n) is 8.86. The number of hydrogen-bond acceptors (Lipinski definition) is 7. The standard InChI is InChI=1S/C34H35N5O3/c1-41-26-14-15-33-29(22-26)27(28-6-4-18-35-31(28)23-42-33)7-5-19-38-20-16-34(40,17-21-38)24-10-12-25(13-11-24)39-32-9-3-2-8-30(32)36-37-39/h2-4,6-15,18,22,28,31,40H,5,16-17,19-21,23H2,1H3. The maximum atomic E-state index is 11.6. The van der Waals surface area contributed by atoms with Crippen LogP contribution in [0.2, 0.25) is 0 Å². The van der Waals surface area contributed by atoms with Gasteiger partial charge in [0.25, 0.3) is 0 Å². The van der Waals surface area contributed by atoms with Crippen LogP contribution in [0.3, 0.4) is 0 Å². The van der Waals surface area contributed by atoms with E-state index in [1.807, 2.05) is 77.6 Å². The van der Waals surface area contributed by atoms with E-state index in [2.05, 4.69) is 33.4 Å². The molecule has 3 aliphatic rings. The first-order valence-corrected chi connectivity index (χ1v) is 14.7. The lowest BCUT2D eigenvalue weighted by Crippen LogP contribution is -2.42. The Balaban J connectivity index is 1.02. The number of para-hydroxylation sites is 1. The van der Waals surface area contributed by atoms with E-state index >= 15 is 0 Å². The summed E-state index contributed by atoms with van der Waals surface area (Å²) in [5.74, 6) is 1.88. The maximum Gasteiger partial charge on any atom is 0.127 e. The molecule has 2 atom stereocenters. The SMILES string of the molecule is COc1ccc2c(c1)C(=CCCN1CCC(O)(c3ccc(-n4nnc5ccccc54)cc3)CC1)C1C=CC=NC1CO2. The fourth-order valence-corrected chi connectivity index (χ4v) is 6.41. The molecule has 0 aliphatic carbocycles. The van der Waals surface area contributed by atoms with Crippen LogP contribution in [0.4, 0.5) is 0 Å². The van der Waals surface area contributed by atoms with Crippen molar-refractivity contribution in [3.8, 4) is 17.2 Å². The van der Waals surface area contributed by atoms with Crippen molar-refractivity contribution in [3.63, 3.8) is 0 Å². The van der Waals surface area contributed by atoms with Gasteiger partial charge in [0.1, 0.15) is 23.6 Å². The zero-order valence-corrected chi connectivity index (χ0v) is 23.8. The molecule has 4 aromatic rings. The van der Waals surface area contributed by atoms with Gasteiger partial charge in [-0.25, -0.2) is 4.68 Å². The molecule has 2 unspecified atom stereocenters. The molecule has 42 heavy (non-hydrogen) atoms. The number of aliphatic imine (C=N–C) groups is 1. The average Bonchev–Trinajstić information content (AvgIpc) is 3.41. The third kappa shape index (κ3) is 5.01. The van der Waals surface area contributed by atoms with Crippen LogP contribution in [0, 0.1) is 5.92 Å². The first-order chi connectivity index (χ1) is 20.6. The molecule has 7 rings (SSSR count). The second kappa shape index (κ2) is 11.2. The molecule has 0 amide bonds. The van der Waals surface area contributed by atoms with Crippen LogP contribution in [0.1, 0.15) is 30.4 Å². The van der Waals surface area contributed by atoms with Crippen molar-refractivity contribution >= 4 is 22.8 Å². The molecule has 8 nitrogen and oxygen atoms in total. The highest BCUT2D eigenvalue weighted by Gasteiger charge is 2.34. The molecule has 3 aromatic carbocycles. The predicted molar refractivity (Wildman–Crippen MR) is 164 cm³/mol. The molecule has 0 spiro atoms. The lowest BCUT2D eigenvalue weighted by Gasteiger charge is -2.38. The Hall–Kier alpha value is -4.27. The second-order valence-corrected chi connectivity index (χ2v) is 11.3. The molecule has 1 fully saturated rings. The number of rotatable bonds is 6. The van der Waals surface area contributed by atoms with E-state index in [0.717, 1.165) is 65.4 Å². The minimum absolute atomic E-state index is 0.0688. The Bertz CT molecular complexity index is 1660. The Kier molecular flexibility index (Phi) is 7.09. The number of aromatic nitrogens is 3. The van der Waals surface area contributed by atoms with Gasteiger partial charge in [0.2, 0.25) is 0 Å². The second-order valence-electron chi connectivity index (χ2n) is 11.3. The molecule has 0 radical (unpaired) electrons. The monoisotopic (exact) mass is 561 g/mol. The first kappa shape index (κ1) is 26.6. The fourth-order valence-electron chi connectivity index (χ4n) is 6.41. The number of allylic oxidation sites excluding steroid dienone is 1. The largest absolute Gasteiger partial charge is 0.497 e. The van der Waals surface area contributed by atoms with Crippen LogP contribution in [0.5, 0.6) is 11.5 Å². The van der Waals surface area contributed by atoms with Gasteiger partial charge in [0.15, 0.2) is 0 Å². The summed E-state index contributed by atoms with van der Waals surface area (Å²) in [5.41, 5.74) is 5.22. The average molecular weight is 562 g/mol. The first-order valence-electron chi connectivity index (χ1n) is 14.7. The van der Waals surface area contributed by atoms with Crippen LogP contribution in [0.25, 0.3) is 22.3 Å². The van der Waals surface area contributed by atoms with Gasteiger partial charge in [0.05, 0.1) is 30.0 Å². The smallest absolute Gasteiger partial charge is 0.127 e. The Morgan fingerprint density at radius 2 is 1.90 bits per heavy atom. The van der Waals surface area contributed by atoms with Gasteiger partial charge >= 0.3 is 0 Å². The van der Waals surface area contributed by atoms with Gasteiger partial charge < -0.3 is 19.5 Å². The molecule has 0 bridgehead atoms. The topological polar surface area (TPSA) is 85.0 Å². The van der Waals surface area contributed by atoms with Gasteiger partial charge in [0, 0.05) is 37.3 Å². The number of fused-ring (bicyclic) bond motifs is 3. The summed E-state index contributed by atoms with van der Waals surface area (Å²) in [6, 6.07) is 22.1. The minimum atomic E-state index is -0.829. The highest BCUT2D eigenvalue weighted by molar-refractivity contribution is 5.80. The number of ether oxygens (including phenoxy) is 2. The quantitative estimate of drug-likeness (QED) is 0.348. The molecule has 3 aliphatic heterocycles. The third-order valence-corrected chi connectivity index (χ3v) is 8.86. The zero-order valence-electron chi connectivity index (χ0n) is 23.8. The maximum absolute atomic E-state index is 11.6. The molecular formula is C34H35N5O3. The highest BCUT2D eigenvalue weighted by atomic mass is 16.5. The van der Waals surface area contributed by atoms with Crippen molar-refractivity contribution in [1.29, 1.82) is 0 Å². The fraction of sp³-hybridized carbons (Fsp3) is 0.324. The summed E-state index contributed by atoms with van der Waals surface area (Å²) >= 11 is 0. The molecule has 0 saturated carbocycles. The van der Waals surface area contributed by atoms with Crippen molar-refractivity contribution in [2.75, 3.05) is 33.4 Å². The van der Waals surface area contributed by atoms with Crippen LogP contribution in [-0.2, 0) is 5.60 Å². The Labute approximate surface area is 245 Å². The number of likely N-dealkylation sites (tertiary alicyclic amines) is 1. The van der Waals surface area contributed by atoms with Gasteiger partial charge in [-0.3, -0.25) is 4.99 Å². The number of nitrogens with zero attached hydrogens (tertiary/aromatic N) is 5. The van der Waals surface area contributed by atoms with Gasteiger partial charge in [-0.1, -0.05) is 41.6 Å². The van der Waals surface area contributed by atoms with Crippen molar-refractivity contribution in [3.05, 3.63) is 96.1 Å². The van der Waals surface area contributed by atoms with Crippen LogP contribution in [-0.4, -0.2) is 70.6 Å². The number of aliphatic hydroxyl groups is 1. The Morgan fingerprint density at radius 3 is 2.74 bits per heavy atom. The van der Waals surface area contributed by atoms with Crippen LogP contribution < -0.4 is 9.47 Å². The van der Waals surface area contributed by atoms with E-state index in [9.17, 15) is 5.11 Å². The summed E-state index contributed by atoms with van der Waals surface area (Å²) in [7, 11) is 1.70. The predicted octanol–water partition coefficient (Wildman–Crippen LogP) is 5.20. The van der Waals surface area contributed by atoms with E-state index < -0.39 is 5.60 Å². The summed E-state index contributed by atoms with van der Waals surface area (Å²) in [4.78, 5) is 7.16. The van der Waals surface area contributed by atoms with Gasteiger partial charge in [-0.2, -0.15) is 0 Å². The zero-order chi connectivity index (χ0) is 28.5. The summed E-state index contributed by atoms with van der Waals surface area (Å²) < 4.78 is 13.5. The van der Waals surface area contributed by atoms with E-state index in [0.29, 0.717) is 19.4 Å². The lowest BCUT2D eigenvalue weighted by atomic mass is 9.84. The van der Waals surface area contributed by atoms with Crippen molar-refractivity contribution in [2.24, 2.45) is 10.9 Å². The van der Waals surface area contributed by atoms with Crippen molar-refractivity contribution in [2.45, 2.75) is 30.9 Å². The van der Waals surface area contributed by atoms with E-state index in [-0.39, 0.29) is 12.0 Å². The summed E-state index contributed by atoms with van der Waals surface area (Å²) in [5, 5.41) is 20.2. The Morgan fingerprint density at radius 1 is 1.07 bits per heavy atom. The number of methoxy groups -OCH3 is 1. The minimum Gasteiger partial charge on any atom is -0.497 e.